The van der Waals surface area contributed by atoms with Crippen LogP contribution in [0.25, 0.3) is 0 Å². The molecule has 104 valence electrons. The van der Waals surface area contributed by atoms with Crippen LogP contribution in [0.1, 0.15) is 6.92 Å². The number of methoxy groups -OCH3 is 1. The van der Waals surface area contributed by atoms with Gasteiger partial charge in [0.05, 0.1) is 6.61 Å². The first-order valence-corrected chi connectivity index (χ1v) is 6.23. The molecule has 0 atom stereocenters. The number of rotatable bonds is 3. The zero-order valence-corrected chi connectivity index (χ0v) is 11.6. The van der Waals surface area contributed by atoms with E-state index in [1.165, 1.54) is 0 Å². The first-order chi connectivity index (χ1) is 8.56. The Hall–Kier alpha value is -1.07. The molecule has 2 aliphatic rings. The summed E-state index contributed by atoms with van der Waals surface area (Å²) in [5, 5.41) is 0. The fourth-order valence-corrected chi connectivity index (χ4v) is 2.49. The molecule has 0 unspecified atom stereocenters. The molecule has 5 nitrogen and oxygen atoms in total. The second kappa shape index (κ2) is 6.75. The maximum Gasteiger partial charge on any atom is 0.409 e. The number of carbonyl (C=O) groups excluding carboxylic acids is 1. The van der Waals surface area contributed by atoms with Gasteiger partial charge in [0.25, 0.3) is 0 Å². The number of carbonyl (C=O) groups is 1. The molecule has 0 aromatic carbocycles. The molecule has 2 rings (SSSR count). The van der Waals surface area contributed by atoms with Crippen LogP contribution in [0.5, 0.6) is 0 Å². The molecule has 0 N–H and O–H groups in total. The molecule has 0 aromatic heterocycles. The van der Waals surface area contributed by atoms with Gasteiger partial charge in [-0.3, -0.25) is 0 Å². The van der Waals surface area contributed by atoms with Gasteiger partial charge in [0.1, 0.15) is 6.61 Å². The van der Waals surface area contributed by atoms with Gasteiger partial charge in [-0.25, -0.2) is 4.79 Å². The van der Waals surface area contributed by atoms with Crippen LogP contribution < -0.4 is 0 Å². The van der Waals surface area contributed by atoms with E-state index in [0.29, 0.717) is 18.6 Å². The third kappa shape index (κ3) is 3.71. The van der Waals surface area contributed by atoms with E-state index in [1.54, 1.807) is 18.1 Å². The highest BCUT2D eigenvalue weighted by Crippen LogP contribution is 2.38. The fraction of sp³-hybridized carbons (Fsp3) is 0.769. The molecule has 0 saturated carbocycles. The lowest BCUT2D eigenvalue weighted by Crippen LogP contribution is -2.72. The van der Waals surface area contributed by atoms with Gasteiger partial charge in [-0.2, -0.15) is 0 Å². The highest BCUT2D eigenvalue weighted by atomic mass is 16.6. The van der Waals surface area contributed by atoms with E-state index in [1.807, 2.05) is 6.92 Å². The first-order valence-electron chi connectivity index (χ1n) is 6.23. The average Bonchev–Trinajstić information content (AvgIpc) is 2.22. The van der Waals surface area contributed by atoms with Crippen LogP contribution in [0, 0.1) is 5.41 Å². The summed E-state index contributed by atoms with van der Waals surface area (Å²) in [5.74, 6) is 0. The van der Waals surface area contributed by atoms with E-state index in [2.05, 4.69) is 18.5 Å². The number of likely N-dealkylation sites (tertiary alicyclic amines) is 2. The zero-order valence-electron chi connectivity index (χ0n) is 11.6. The highest BCUT2D eigenvalue weighted by Gasteiger charge is 2.52. The van der Waals surface area contributed by atoms with E-state index >= 15 is 0 Å². The zero-order chi connectivity index (χ0) is 13.6. The van der Waals surface area contributed by atoms with Crippen molar-refractivity contribution < 1.29 is 14.3 Å². The Morgan fingerprint density at radius 3 is 2.33 bits per heavy atom. The van der Waals surface area contributed by atoms with E-state index in [9.17, 15) is 4.79 Å². The smallest absolute Gasteiger partial charge is 0.409 e. The van der Waals surface area contributed by atoms with Crippen LogP contribution >= 0.6 is 0 Å². The second-order valence-corrected chi connectivity index (χ2v) is 5.04. The summed E-state index contributed by atoms with van der Waals surface area (Å²) >= 11 is 0. The van der Waals surface area contributed by atoms with Crippen molar-refractivity contribution in [2.75, 3.05) is 53.6 Å². The minimum Gasteiger partial charge on any atom is -0.447 e. The molecular weight excluding hydrogens is 232 g/mol. The van der Waals surface area contributed by atoms with Crippen molar-refractivity contribution in [1.82, 2.24) is 9.80 Å². The van der Waals surface area contributed by atoms with Gasteiger partial charge < -0.3 is 19.3 Å². The minimum atomic E-state index is -0.202. The number of ether oxygens (including phenoxy) is 2. The van der Waals surface area contributed by atoms with Crippen molar-refractivity contribution in [3.63, 3.8) is 0 Å². The van der Waals surface area contributed by atoms with Crippen LogP contribution in [-0.2, 0) is 9.47 Å². The number of amides is 1. The maximum absolute atomic E-state index is 11.4. The molecule has 0 aromatic rings. The fourth-order valence-electron chi connectivity index (χ4n) is 2.49. The third-order valence-electron chi connectivity index (χ3n) is 3.03. The monoisotopic (exact) mass is 256 g/mol. The predicted octanol–water partition coefficient (Wildman–Crippen LogP) is 1.21. The number of hydrogen-bond donors (Lipinski definition) is 0. The summed E-state index contributed by atoms with van der Waals surface area (Å²) < 4.78 is 9.83. The van der Waals surface area contributed by atoms with Crippen LogP contribution in [0.4, 0.5) is 4.79 Å². The molecule has 2 fully saturated rings. The van der Waals surface area contributed by atoms with Crippen molar-refractivity contribution in [3.8, 4) is 0 Å². The van der Waals surface area contributed by atoms with Gasteiger partial charge in [-0.05, 0) is 14.0 Å². The normalized spacial score (nSPS) is 20.3. The molecule has 0 bridgehead atoms. The average molecular weight is 256 g/mol. The summed E-state index contributed by atoms with van der Waals surface area (Å²) in [4.78, 5) is 15.5. The van der Waals surface area contributed by atoms with Gasteiger partial charge >= 0.3 is 6.09 Å². The van der Waals surface area contributed by atoms with Gasteiger partial charge in [0.15, 0.2) is 0 Å². The highest BCUT2D eigenvalue weighted by molar-refractivity contribution is 5.69. The van der Waals surface area contributed by atoms with Crippen molar-refractivity contribution in [1.29, 1.82) is 0 Å². The Morgan fingerprint density at radius 1 is 1.33 bits per heavy atom. The van der Waals surface area contributed by atoms with E-state index in [4.69, 9.17) is 9.47 Å². The summed E-state index contributed by atoms with van der Waals surface area (Å²) in [6.45, 7) is 9.97. The third-order valence-corrected chi connectivity index (χ3v) is 3.03. The number of hydrogen-bond acceptors (Lipinski definition) is 4. The molecule has 1 spiro atoms. The molecular formula is C13H24N2O3. The molecule has 0 aliphatic carbocycles. The Kier molecular flexibility index (Phi) is 5.62. The second-order valence-electron chi connectivity index (χ2n) is 5.04. The quantitative estimate of drug-likeness (QED) is 0.562. The van der Waals surface area contributed by atoms with Gasteiger partial charge in [-0.15, -0.1) is 6.58 Å². The molecule has 5 heteroatoms. The number of nitrogens with zero attached hydrogens (tertiary/aromatic N) is 2. The summed E-state index contributed by atoms with van der Waals surface area (Å²) in [6, 6.07) is 0. The standard InChI is InChI=1S/C10H18N2O3.C3H6/c1-11-5-10(6-11)7-12(8-10)9(13)15-4-3-14-2;1-3-2/h3-8H2,1-2H3;3H,1H2,2H3. The summed E-state index contributed by atoms with van der Waals surface area (Å²) in [6.07, 6.45) is 1.55. The van der Waals surface area contributed by atoms with E-state index in [-0.39, 0.29) is 6.09 Å². The van der Waals surface area contributed by atoms with Crippen molar-refractivity contribution in [3.05, 3.63) is 12.7 Å². The van der Waals surface area contributed by atoms with Crippen LogP contribution in [0.3, 0.4) is 0 Å². The molecule has 2 aliphatic heterocycles. The van der Waals surface area contributed by atoms with Crippen LogP contribution in [0.15, 0.2) is 12.7 Å². The molecule has 2 heterocycles. The topological polar surface area (TPSA) is 42.0 Å². The lowest BCUT2D eigenvalue weighted by molar-refractivity contribution is -0.0955. The molecule has 0 radical (unpaired) electrons. The lowest BCUT2D eigenvalue weighted by Gasteiger charge is -2.58. The van der Waals surface area contributed by atoms with Gasteiger partial charge in [0.2, 0.25) is 0 Å². The largest absolute Gasteiger partial charge is 0.447 e. The van der Waals surface area contributed by atoms with E-state index in [0.717, 1.165) is 26.2 Å². The van der Waals surface area contributed by atoms with Gasteiger partial charge in [-0.1, -0.05) is 6.08 Å². The van der Waals surface area contributed by atoms with Crippen LogP contribution in [0.2, 0.25) is 0 Å². The van der Waals surface area contributed by atoms with Gasteiger partial charge in [0, 0.05) is 38.7 Å². The first kappa shape index (κ1) is 15.0. The SMILES string of the molecule is C=CC.COCCOC(=O)N1CC2(CN(C)C2)C1. The predicted molar refractivity (Wildman–Crippen MR) is 70.6 cm³/mol. The number of allylic oxidation sites excluding steroid dienone is 1. The Morgan fingerprint density at radius 2 is 1.89 bits per heavy atom. The Bertz CT molecular complexity index is 280. The summed E-state index contributed by atoms with van der Waals surface area (Å²) in [5.41, 5.74) is 0.384. The minimum absolute atomic E-state index is 0.202. The van der Waals surface area contributed by atoms with Crippen molar-refractivity contribution in [2.45, 2.75) is 6.92 Å². The Labute approximate surface area is 109 Å². The molecule has 2 saturated heterocycles. The summed E-state index contributed by atoms with van der Waals surface area (Å²) in [7, 11) is 3.70. The van der Waals surface area contributed by atoms with Crippen molar-refractivity contribution in [2.24, 2.45) is 5.41 Å². The molecule has 18 heavy (non-hydrogen) atoms. The Balaban J connectivity index is 0.000000492. The van der Waals surface area contributed by atoms with Crippen LogP contribution in [-0.4, -0.2) is 69.4 Å². The lowest BCUT2D eigenvalue weighted by atomic mass is 9.73. The van der Waals surface area contributed by atoms with Crippen molar-refractivity contribution >= 4 is 6.09 Å². The van der Waals surface area contributed by atoms with E-state index < -0.39 is 0 Å². The molecule has 1 amide bonds. The maximum atomic E-state index is 11.4.